The Bertz CT molecular complexity index is 464. The lowest BCUT2D eigenvalue weighted by Crippen LogP contribution is -2.38. The van der Waals surface area contributed by atoms with Gasteiger partial charge in [0.25, 0.3) is 0 Å². The van der Waals surface area contributed by atoms with Crippen molar-refractivity contribution in [2.45, 2.75) is 45.7 Å². The smallest absolute Gasteiger partial charge is 0.224 e. The van der Waals surface area contributed by atoms with Gasteiger partial charge in [0.1, 0.15) is 5.82 Å². The normalized spacial score (nSPS) is 22.5. The van der Waals surface area contributed by atoms with Gasteiger partial charge in [-0.25, -0.2) is 4.39 Å². The van der Waals surface area contributed by atoms with Crippen LogP contribution in [-0.2, 0) is 11.3 Å². The van der Waals surface area contributed by atoms with Crippen LogP contribution in [0.4, 0.5) is 4.39 Å². The molecule has 1 aromatic carbocycles. The van der Waals surface area contributed by atoms with Crippen LogP contribution in [-0.4, -0.2) is 11.9 Å². The largest absolute Gasteiger partial charge is 0.352 e. The van der Waals surface area contributed by atoms with Gasteiger partial charge in [0, 0.05) is 12.6 Å². The van der Waals surface area contributed by atoms with Crippen LogP contribution in [0.5, 0.6) is 0 Å². The topological polar surface area (TPSA) is 55.1 Å². The average Bonchev–Trinajstić information content (AvgIpc) is 2.79. The van der Waals surface area contributed by atoms with Crippen LogP contribution >= 0.6 is 0 Å². The maximum Gasteiger partial charge on any atom is 0.224 e. The van der Waals surface area contributed by atoms with Gasteiger partial charge < -0.3 is 11.1 Å². The van der Waals surface area contributed by atoms with Crippen LogP contribution in [0.3, 0.4) is 0 Å². The van der Waals surface area contributed by atoms with E-state index in [0.29, 0.717) is 17.7 Å². The van der Waals surface area contributed by atoms with Crippen molar-refractivity contribution < 1.29 is 9.18 Å². The van der Waals surface area contributed by atoms with Crippen LogP contribution in [0.2, 0.25) is 0 Å². The quantitative estimate of drug-likeness (QED) is 0.879. The molecule has 4 heteroatoms. The Balaban J connectivity index is 1.97. The van der Waals surface area contributed by atoms with Gasteiger partial charge in [-0.05, 0) is 43.4 Å². The highest BCUT2D eigenvalue weighted by Gasteiger charge is 2.29. The highest BCUT2D eigenvalue weighted by Crippen LogP contribution is 2.24. The summed E-state index contributed by atoms with van der Waals surface area (Å²) in [6.07, 6.45) is 2.81. The number of nitrogens with two attached hydrogens (primary N) is 1. The van der Waals surface area contributed by atoms with Crippen LogP contribution in [0.15, 0.2) is 12.1 Å². The lowest BCUT2D eigenvalue weighted by molar-refractivity contribution is -0.125. The first kappa shape index (κ1) is 14.0. The SMILES string of the molecule is Cc1cc(CNC(=O)C2CCCC2N)cc(C)c1F. The predicted octanol–water partition coefficient (Wildman–Crippen LogP) is 2.19. The third-order valence-electron chi connectivity index (χ3n) is 3.87. The molecule has 1 aliphatic rings. The Labute approximate surface area is 113 Å². The molecule has 1 amide bonds. The average molecular weight is 264 g/mol. The third kappa shape index (κ3) is 3.13. The second-order valence-corrected chi connectivity index (χ2v) is 5.46. The summed E-state index contributed by atoms with van der Waals surface area (Å²) in [5.74, 6) is -0.222. The Hall–Kier alpha value is -1.42. The van der Waals surface area contributed by atoms with Crippen molar-refractivity contribution in [2.75, 3.05) is 0 Å². The number of aryl methyl sites for hydroxylation is 2. The van der Waals surface area contributed by atoms with Gasteiger partial charge in [0.2, 0.25) is 5.91 Å². The molecule has 0 radical (unpaired) electrons. The molecule has 0 heterocycles. The molecular weight excluding hydrogens is 243 g/mol. The summed E-state index contributed by atoms with van der Waals surface area (Å²) in [5, 5.41) is 2.90. The van der Waals surface area contributed by atoms with Gasteiger partial charge in [-0.1, -0.05) is 18.6 Å². The summed E-state index contributed by atoms with van der Waals surface area (Å²) >= 11 is 0. The first-order chi connectivity index (χ1) is 8.99. The predicted molar refractivity (Wildman–Crippen MR) is 73.0 cm³/mol. The number of carbonyl (C=O) groups excluding carboxylic acids is 1. The van der Waals surface area contributed by atoms with Gasteiger partial charge in [-0.3, -0.25) is 4.79 Å². The number of amides is 1. The molecule has 1 fully saturated rings. The number of halogens is 1. The molecule has 1 aromatic rings. The van der Waals surface area contributed by atoms with Crippen molar-refractivity contribution >= 4 is 5.91 Å². The molecule has 0 aliphatic heterocycles. The zero-order valence-corrected chi connectivity index (χ0v) is 11.5. The van der Waals surface area contributed by atoms with E-state index in [0.717, 1.165) is 24.8 Å². The zero-order chi connectivity index (χ0) is 14.0. The van der Waals surface area contributed by atoms with Gasteiger partial charge in [-0.15, -0.1) is 0 Å². The molecule has 1 saturated carbocycles. The van der Waals surface area contributed by atoms with Crippen molar-refractivity contribution in [1.29, 1.82) is 0 Å². The fourth-order valence-electron chi connectivity index (χ4n) is 2.77. The van der Waals surface area contributed by atoms with Crippen LogP contribution in [0.1, 0.15) is 36.0 Å². The van der Waals surface area contributed by atoms with Crippen molar-refractivity contribution in [1.82, 2.24) is 5.32 Å². The number of hydrogen-bond acceptors (Lipinski definition) is 2. The molecule has 0 bridgehead atoms. The number of hydrogen-bond donors (Lipinski definition) is 2. The minimum Gasteiger partial charge on any atom is -0.352 e. The van der Waals surface area contributed by atoms with E-state index in [4.69, 9.17) is 5.73 Å². The maximum atomic E-state index is 13.5. The summed E-state index contributed by atoms with van der Waals surface area (Å²) in [5.41, 5.74) is 8.06. The number of rotatable bonds is 3. The summed E-state index contributed by atoms with van der Waals surface area (Å²) in [6, 6.07) is 3.53. The Morgan fingerprint density at radius 2 is 2.00 bits per heavy atom. The molecule has 1 aliphatic carbocycles. The first-order valence-electron chi connectivity index (χ1n) is 6.78. The van der Waals surface area contributed by atoms with Crippen LogP contribution in [0.25, 0.3) is 0 Å². The second-order valence-electron chi connectivity index (χ2n) is 5.46. The van der Waals surface area contributed by atoms with E-state index in [9.17, 15) is 9.18 Å². The fourth-order valence-corrected chi connectivity index (χ4v) is 2.77. The monoisotopic (exact) mass is 264 g/mol. The minimum atomic E-state index is -0.173. The molecule has 19 heavy (non-hydrogen) atoms. The second kappa shape index (κ2) is 5.70. The lowest BCUT2D eigenvalue weighted by atomic mass is 10.0. The standard InChI is InChI=1S/C15H21FN2O/c1-9-6-11(7-10(2)14(9)16)8-18-15(19)12-4-3-5-13(12)17/h6-7,12-13H,3-5,8,17H2,1-2H3,(H,18,19). The van der Waals surface area contributed by atoms with Gasteiger partial charge in [-0.2, -0.15) is 0 Å². The molecule has 3 N–H and O–H groups in total. The highest BCUT2D eigenvalue weighted by molar-refractivity contribution is 5.79. The zero-order valence-electron chi connectivity index (χ0n) is 11.5. The van der Waals surface area contributed by atoms with Crippen molar-refractivity contribution in [2.24, 2.45) is 11.7 Å². The third-order valence-corrected chi connectivity index (χ3v) is 3.87. The van der Waals surface area contributed by atoms with E-state index >= 15 is 0 Å². The molecule has 3 nitrogen and oxygen atoms in total. The van der Waals surface area contributed by atoms with Crippen molar-refractivity contribution in [3.63, 3.8) is 0 Å². The van der Waals surface area contributed by atoms with E-state index in [1.54, 1.807) is 26.0 Å². The van der Waals surface area contributed by atoms with Gasteiger partial charge >= 0.3 is 0 Å². The summed E-state index contributed by atoms with van der Waals surface area (Å²) in [6.45, 7) is 3.91. The van der Waals surface area contributed by atoms with Crippen molar-refractivity contribution in [3.05, 3.63) is 34.6 Å². The Morgan fingerprint density at radius 1 is 1.37 bits per heavy atom. The maximum absolute atomic E-state index is 13.5. The van der Waals surface area contributed by atoms with E-state index in [1.165, 1.54) is 0 Å². The Kier molecular flexibility index (Phi) is 4.20. The van der Waals surface area contributed by atoms with Crippen LogP contribution in [0, 0.1) is 25.6 Å². The molecule has 2 atom stereocenters. The first-order valence-corrected chi connectivity index (χ1v) is 6.78. The van der Waals surface area contributed by atoms with Gasteiger partial charge in [0.15, 0.2) is 0 Å². The summed E-state index contributed by atoms with van der Waals surface area (Å²) in [4.78, 5) is 12.0. The van der Waals surface area contributed by atoms with Crippen LogP contribution < -0.4 is 11.1 Å². The lowest BCUT2D eigenvalue weighted by Gasteiger charge is -2.15. The molecule has 2 unspecified atom stereocenters. The van der Waals surface area contributed by atoms with E-state index < -0.39 is 0 Å². The molecule has 104 valence electrons. The summed E-state index contributed by atoms with van der Waals surface area (Å²) < 4.78 is 13.5. The van der Waals surface area contributed by atoms with Gasteiger partial charge in [0.05, 0.1) is 5.92 Å². The van der Waals surface area contributed by atoms with E-state index in [1.807, 2.05) is 0 Å². The molecule has 0 aromatic heterocycles. The van der Waals surface area contributed by atoms with E-state index in [2.05, 4.69) is 5.32 Å². The number of nitrogens with one attached hydrogen (secondary N) is 1. The highest BCUT2D eigenvalue weighted by atomic mass is 19.1. The minimum absolute atomic E-state index is 0.0170. The van der Waals surface area contributed by atoms with Crippen molar-refractivity contribution in [3.8, 4) is 0 Å². The molecule has 0 spiro atoms. The molecule has 2 rings (SSSR count). The number of benzene rings is 1. The van der Waals surface area contributed by atoms with E-state index in [-0.39, 0.29) is 23.7 Å². The number of carbonyl (C=O) groups is 1. The summed E-state index contributed by atoms with van der Waals surface area (Å²) in [7, 11) is 0. The molecular formula is C15H21FN2O. The fraction of sp³-hybridized carbons (Fsp3) is 0.533. The Morgan fingerprint density at radius 3 is 2.53 bits per heavy atom. The molecule has 0 saturated heterocycles.